The highest BCUT2D eigenvalue weighted by atomic mass is 32.1. The molecule has 4 nitrogen and oxygen atoms in total. The standard InChI is InChI=1S/C17H18N2O2S/c1-2-3-4-12-5-7-13(8-6-12)15-11-19-10-14(9-16(20)21)22-17(19)18-15/h5-8,10-11H,2-4,9H2,1H3,(H,20,21). The molecule has 0 amide bonds. The summed E-state index contributed by atoms with van der Waals surface area (Å²) >= 11 is 1.43. The molecule has 3 rings (SSSR count). The molecule has 22 heavy (non-hydrogen) atoms. The van der Waals surface area contributed by atoms with Crippen molar-refractivity contribution in [2.24, 2.45) is 0 Å². The number of aromatic nitrogens is 2. The molecule has 0 atom stereocenters. The molecule has 0 spiro atoms. The first kappa shape index (κ1) is 14.8. The third kappa shape index (κ3) is 3.20. The Balaban J connectivity index is 1.80. The van der Waals surface area contributed by atoms with Crippen molar-refractivity contribution in [3.63, 3.8) is 0 Å². The molecule has 0 saturated heterocycles. The largest absolute Gasteiger partial charge is 0.481 e. The zero-order valence-corrected chi connectivity index (χ0v) is 13.3. The lowest BCUT2D eigenvalue weighted by Crippen LogP contribution is -1.97. The van der Waals surface area contributed by atoms with Gasteiger partial charge in [-0.3, -0.25) is 9.20 Å². The third-order valence-electron chi connectivity index (χ3n) is 3.60. The van der Waals surface area contributed by atoms with Crippen molar-refractivity contribution in [3.05, 3.63) is 47.1 Å². The smallest absolute Gasteiger partial charge is 0.308 e. The van der Waals surface area contributed by atoms with Gasteiger partial charge in [-0.15, -0.1) is 11.3 Å². The van der Waals surface area contributed by atoms with Crippen LogP contribution in [0.4, 0.5) is 0 Å². The number of hydrogen-bond donors (Lipinski definition) is 1. The molecule has 0 aliphatic rings. The Hall–Kier alpha value is -2.14. The van der Waals surface area contributed by atoms with E-state index in [0.717, 1.165) is 27.5 Å². The van der Waals surface area contributed by atoms with Crippen LogP contribution in [-0.4, -0.2) is 20.5 Å². The van der Waals surface area contributed by atoms with Crippen LogP contribution in [0.15, 0.2) is 36.7 Å². The maximum atomic E-state index is 10.7. The second-order valence-electron chi connectivity index (χ2n) is 5.38. The Morgan fingerprint density at radius 1 is 1.27 bits per heavy atom. The van der Waals surface area contributed by atoms with Gasteiger partial charge in [-0.25, -0.2) is 4.98 Å². The fourth-order valence-corrected chi connectivity index (χ4v) is 3.39. The molecule has 2 heterocycles. The van der Waals surface area contributed by atoms with Gasteiger partial charge in [0.1, 0.15) is 0 Å². The highest BCUT2D eigenvalue weighted by Gasteiger charge is 2.10. The van der Waals surface area contributed by atoms with Crippen LogP contribution >= 0.6 is 11.3 Å². The van der Waals surface area contributed by atoms with Crippen molar-refractivity contribution >= 4 is 22.3 Å². The van der Waals surface area contributed by atoms with E-state index in [1.54, 1.807) is 0 Å². The molecule has 0 bridgehead atoms. The van der Waals surface area contributed by atoms with Gasteiger partial charge in [0, 0.05) is 22.8 Å². The zero-order valence-electron chi connectivity index (χ0n) is 12.5. The molecule has 0 aliphatic carbocycles. The summed E-state index contributed by atoms with van der Waals surface area (Å²) in [5.41, 5.74) is 3.38. The monoisotopic (exact) mass is 314 g/mol. The van der Waals surface area contributed by atoms with E-state index < -0.39 is 5.97 Å². The summed E-state index contributed by atoms with van der Waals surface area (Å²) in [6, 6.07) is 8.54. The van der Waals surface area contributed by atoms with Crippen LogP contribution in [0.2, 0.25) is 0 Å². The summed E-state index contributed by atoms with van der Waals surface area (Å²) < 4.78 is 1.91. The number of unbranched alkanes of at least 4 members (excludes halogenated alkanes) is 1. The first-order chi connectivity index (χ1) is 10.7. The molecular formula is C17H18N2O2S. The molecule has 0 radical (unpaired) electrons. The van der Waals surface area contributed by atoms with Crippen molar-refractivity contribution in [1.82, 2.24) is 9.38 Å². The minimum absolute atomic E-state index is 0.0511. The maximum Gasteiger partial charge on any atom is 0.308 e. The first-order valence-corrected chi connectivity index (χ1v) is 8.26. The average Bonchev–Trinajstić information content (AvgIpc) is 3.03. The Kier molecular flexibility index (Phi) is 4.24. The second-order valence-corrected chi connectivity index (χ2v) is 6.48. The van der Waals surface area contributed by atoms with Crippen LogP contribution in [0.5, 0.6) is 0 Å². The van der Waals surface area contributed by atoms with E-state index in [0.29, 0.717) is 0 Å². The van der Waals surface area contributed by atoms with E-state index >= 15 is 0 Å². The lowest BCUT2D eigenvalue weighted by atomic mass is 10.1. The molecule has 0 saturated carbocycles. The number of benzene rings is 1. The summed E-state index contributed by atoms with van der Waals surface area (Å²) in [6.45, 7) is 2.20. The number of aliphatic carboxylic acids is 1. The molecule has 2 aromatic heterocycles. The summed E-state index contributed by atoms with van der Waals surface area (Å²) in [6.07, 6.45) is 7.39. The lowest BCUT2D eigenvalue weighted by molar-refractivity contribution is -0.136. The number of carboxylic acids is 1. The van der Waals surface area contributed by atoms with Gasteiger partial charge in [0.15, 0.2) is 4.96 Å². The number of imidazole rings is 1. The number of aryl methyl sites for hydroxylation is 1. The van der Waals surface area contributed by atoms with Crippen molar-refractivity contribution in [2.75, 3.05) is 0 Å². The van der Waals surface area contributed by atoms with Gasteiger partial charge >= 0.3 is 5.97 Å². The van der Waals surface area contributed by atoms with Gasteiger partial charge in [-0.1, -0.05) is 37.6 Å². The van der Waals surface area contributed by atoms with Crippen molar-refractivity contribution in [2.45, 2.75) is 32.6 Å². The lowest BCUT2D eigenvalue weighted by Gasteiger charge is -2.01. The third-order valence-corrected chi connectivity index (χ3v) is 4.59. The van der Waals surface area contributed by atoms with Gasteiger partial charge in [0.2, 0.25) is 0 Å². The van der Waals surface area contributed by atoms with Crippen LogP contribution in [0.25, 0.3) is 16.2 Å². The van der Waals surface area contributed by atoms with E-state index in [-0.39, 0.29) is 6.42 Å². The first-order valence-electron chi connectivity index (χ1n) is 7.44. The molecule has 1 aromatic carbocycles. The van der Waals surface area contributed by atoms with Gasteiger partial charge in [-0.2, -0.15) is 0 Å². The van der Waals surface area contributed by atoms with E-state index in [1.165, 1.54) is 29.7 Å². The number of fused-ring (bicyclic) bond motifs is 1. The molecular weight excluding hydrogens is 296 g/mol. The molecule has 0 fully saturated rings. The molecule has 0 aliphatic heterocycles. The van der Waals surface area contributed by atoms with E-state index in [4.69, 9.17) is 5.11 Å². The van der Waals surface area contributed by atoms with E-state index in [9.17, 15) is 4.79 Å². The molecule has 3 aromatic rings. The summed E-state index contributed by atoms with van der Waals surface area (Å²) in [5.74, 6) is -0.813. The minimum atomic E-state index is -0.813. The molecule has 1 N–H and O–H groups in total. The molecule has 0 unspecified atom stereocenters. The predicted molar refractivity (Wildman–Crippen MR) is 88.5 cm³/mol. The number of nitrogens with zero attached hydrogens (tertiary/aromatic N) is 2. The van der Waals surface area contributed by atoms with Crippen LogP contribution in [0.3, 0.4) is 0 Å². The Morgan fingerprint density at radius 2 is 2.05 bits per heavy atom. The van der Waals surface area contributed by atoms with Crippen LogP contribution in [0.1, 0.15) is 30.2 Å². The van der Waals surface area contributed by atoms with E-state index in [2.05, 4.69) is 36.2 Å². The normalized spacial score (nSPS) is 11.1. The van der Waals surface area contributed by atoms with Crippen LogP contribution in [-0.2, 0) is 17.6 Å². The SMILES string of the molecule is CCCCc1ccc(-c2cn3cc(CC(=O)O)sc3n2)cc1. The van der Waals surface area contributed by atoms with Crippen molar-refractivity contribution < 1.29 is 9.90 Å². The fraction of sp³-hybridized carbons (Fsp3) is 0.294. The van der Waals surface area contributed by atoms with Gasteiger partial charge in [-0.05, 0) is 18.4 Å². The highest BCUT2D eigenvalue weighted by Crippen LogP contribution is 2.24. The topological polar surface area (TPSA) is 54.6 Å². The predicted octanol–water partition coefficient (Wildman–Crippen LogP) is 4.03. The Labute approximate surface area is 133 Å². The van der Waals surface area contributed by atoms with Crippen molar-refractivity contribution in [3.8, 4) is 11.3 Å². The average molecular weight is 314 g/mol. The van der Waals surface area contributed by atoms with Gasteiger partial charge < -0.3 is 5.11 Å². The maximum absolute atomic E-state index is 10.7. The highest BCUT2D eigenvalue weighted by molar-refractivity contribution is 7.17. The summed E-state index contributed by atoms with van der Waals surface area (Å²) in [5, 5.41) is 8.83. The molecule has 114 valence electrons. The Morgan fingerprint density at radius 3 is 2.68 bits per heavy atom. The van der Waals surface area contributed by atoms with Crippen LogP contribution < -0.4 is 0 Å². The minimum Gasteiger partial charge on any atom is -0.481 e. The van der Waals surface area contributed by atoms with Gasteiger partial charge in [0.05, 0.1) is 12.1 Å². The number of carboxylic acid groups (broad SMARTS) is 1. The van der Waals surface area contributed by atoms with Gasteiger partial charge in [0.25, 0.3) is 0 Å². The quantitative estimate of drug-likeness (QED) is 0.747. The number of hydrogen-bond acceptors (Lipinski definition) is 3. The second kappa shape index (κ2) is 6.32. The summed E-state index contributed by atoms with van der Waals surface area (Å²) in [7, 11) is 0. The number of thiazole rings is 1. The fourth-order valence-electron chi connectivity index (χ4n) is 2.44. The van der Waals surface area contributed by atoms with E-state index in [1.807, 2.05) is 16.8 Å². The number of rotatable bonds is 6. The zero-order chi connectivity index (χ0) is 15.5. The Bertz CT molecular complexity index is 755. The summed E-state index contributed by atoms with van der Waals surface area (Å²) in [4.78, 5) is 17.0. The molecule has 5 heteroatoms. The number of carbonyl (C=O) groups is 1. The van der Waals surface area contributed by atoms with Crippen LogP contribution in [0, 0.1) is 0 Å². The van der Waals surface area contributed by atoms with Crippen molar-refractivity contribution in [1.29, 1.82) is 0 Å².